The van der Waals surface area contributed by atoms with E-state index >= 15 is 0 Å². The summed E-state index contributed by atoms with van der Waals surface area (Å²) in [5.74, 6) is -0.192. The van der Waals surface area contributed by atoms with Gasteiger partial charge in [-0.05, 0) is 24.3 Å². The molecule has 0 saturated heterocycles. The lowest BCUT2D eigenvalue weighted by Crippen LogP contribution is -2.27. The van der Waals surface area contributed by atoms with Crippen molar-refractivity contribution in [3.63, 3.8) is 0 Å². The van der Waals surface area contributed by atoms with E-state index in [1.54, 1.807) is 30.4 Å². The van der Waals surface area contributed by atoms with Crippen LogP contribution in [0.5, 0.6) is 5.75 Å². The standard InChI is InChI=1S/C17H16F3NO/c1-3-9-22-13-7-8-14(15(18)10-13)16-6-4-5-12(2)21(16)11-17(19)20/h3-8,10,17H,1-2,9,11H2. The predicted molar refractivity (Wildman–Crippen MR) is 81.1 cm³/mol. The number of ether oxygens (including phenoxy) is 1. The Labute approximate surface area is 127 Å². The fourth-order valence-electron chi connectivity index (χ4n) is 2.12. The summed E-state index contributed by atoms with van der Waals surface area (Å²) in [7, 11) is 0. The summed E-state index contributed by atoms with van der Waals surface area (Å²) >= 11 is 0. The number of halogens is 3. The molecule has 116 valence electrons. The fourth-order valence-corrected chi connectivity index (χ4v) is 2.12. The molecule has 1 heterocycles. The van der Waals surface area contributed by atoms with Gasteiger partial charge in [0.15, 0.2) is 0 Å². The van der Waals surface area contributed by atoms with Crippen molar-refractivity contribution < 1.29 is 17.9 Å². The number of nitrogens with zero attached hydrogens (tertiary/aromatic N) is 1. The quantitative estimate of drug-likeness (QED) is 0.723. The van der Waals surface area contributed by atoms with Gasteiger partial charge in [0.1, 0.15) is 18.2 Å². The molecule has 0 N–H and O–H groups in total. The molecule has 0 unspecified atom stereocenters. The molecule has 1 aliphatic heterocycles. The van der Waals surface area contributed by atoms with Gasteiger partial charge in [0, 0.05) is 17.3 Å². The molecular formula is C17H16F3NO. The van der Waals surface area contributed by atoms with Crippen molar-refractivity contribution in [3.05, 3.63) is 72.7 Å². The maximum atomic E-state index is 14.3. The summed E-state index contributed by atoms with van der Waals surface area (Å²) < 4.78 is 45.0. The van der Waals surface area contributed by atoms with Crippen LogP contribution in [-0.4, -0.2) is 24.5 Å². The lowest BCUT2D eigenvalue weighted by atomic mass is 10.1. The number of allylic oxidation sites excluding steroid dienone is 3. The lowest BCUT2D eigenvalue weighted by Gasteiger charge is -2.30. The largest absolute Gasteiger partial charge is 0.489 e. The Kier molecular flexibility index (Phi) is 5.09. The molecule has 0 bridgehead atoms. The summed E-state index contributed by atoms with van der Waals surface area (Å²) in [4.78, 5) is 1.30. The Balaban J connectivity index is 2.32. The van der Waals surface area contributed by atoms with Crippen LogP contribution in [0.25, 0.3) is 5.70 Å². The van der Waals surface area contributed by atoms with Gasteiger partial charge in [-0.15, -0.1) is 0 Å². The number of hydrogen-bond donors (Lipinski definition) is 0. The molecule has 0 saturated carbocycles. The van der Waals surface area contributed by atoms with Gasteiger partial charge in [0.2, 0.25) is 0 Å². The first-order valence-corrected chi connectivity index (χ1v) is 6.69. The highest BCUT2D eigenvalue weighted by Gasteiger charge is 2.22. The molecule has 0 radical (unpaired) electrons. The molecule has 0 aliphatic carbocycles. The van der Waals surface area contributed by atoms with E-state index in [1.807, 2.05) is 0 Å². The number of benzene rings is 1. The van der Waals surface area contributed by atoms with Gasteiger partial charge in [-0.2, -0.15) is 0 Å². The van der Waals surface area contributed by atoms with E-state index in [2.05, 4.69) is 13.2 Å². The molecule has 2 nitrogen and oxygen atoms in total. The Morgan fingerprint density at radius 1 is 1.32 bits per heavy atom. The number of hydrogen-bond acceptors (Lipinski definition) is 2. The minimum absolute atomic E-state index is 0.220. The van der Waals surface area contributed by atoms with Crippen molar-refractivity contribution in [2.24, 2.45) is 0 Å². The Bertz CT molecular complexity index is 635. The topological polar surface area (TPSA) is 12.5 Å². The van der Waals surface area contributed by atoms with E-state index < -0.39 is 18.8 Å². The van der Waals surface area contributed by atoms with Crippen molar-refractivity contribution in [1.82, 2.24) is 4.90 Å². The van der Waals surface area contributed by atoms with Gasteiger partial charge < -0.3 is 9.64 Å². The van der Waals surface area contributed by atoms with E-state index in [0.717, 1.165) is 0 Å². The Morgan fingerprint density at radius 3 is 2.73 bits per heavy atom. The molecule has 0 aromatic heterocycles. The predicted octanol–water partition coefficient (Wildman–Crippen LogP) is 4.38. The molecular weight excluding hydrogens is 291 g/mol. The molecule has 0 atom stereocenters. The first-order valence-electron chi connectivity index (χ1n) is 6.69. The van der Waals surface area contributed by atoms with Crippen LogP contribution >= 0.6 is 0 Å². The Morgan fingerprint density at radius 2 is 2.09 bits per heavy atom. The maximum absolute atomic E-state index is 14.3. The van der Waals surface area contributed by atoms with Crippen LogP contribution in [0.4, 0.5) is 13.2 Å². The van der Waals surface area contributed by atoms with Crippen LogP contribution < -0.4 is 4.74 Å². The van der Waals surface area contributed by atoms with Gasteiger partial charge in [0.05, 0.1) is 12.2 Å². The monoisotopic (exact) mass is 307 g/mol. The highest BCUT2D eigenvalue weighted by molar-refractivity contribution is 5.70. The minimum Gasteiger partial charge on any atom is -0.489 e. The maximum Gasteiger partial charge on any atom is 0.256 e. The third kappa shape index (κ3) is 3.61. The third-order valence-corrected chi connectivity index (χ3v) is 3.09. The van der Waals surface area contributed by atoms with Gasteiger partial charge in [0.25, 0.3) is 6.43 Å². The van der Waals surface area contributed by atoms with Gasteiger partial charge >= 0.3 is 0 Å². The summed E-state index contributed by atoms with van der Waals surface area (Å²) in [6.07, 6.45) is 3.84. The third-order valence-electron chi connectivity index (χ3n) is 3.09. The lowest BCUT2D eigenvalue weighted by molar-refractivity contribution is 0.123. The van der Waals surface area contributed by atoms with Crippen LogP contribution in [0.2, 0.25) is 0 Å². The average molecular weight is 307 g/mol. The van der Waals surface area contributed by atoms with E-state index in [0.29, 0.717) is 17.1 Å². The molecule has 0 amide bonds. The summed E-state index contributed by atoms with van der Waals surface area (Å²) in [5, 5.41) is 0. The second-order valence-electron chi connectivity index (χ2n) is 4.65. The van der Waals surface area contributed by atoms with Crippen molar-refractivity contribution in [2.45, 2.75) is 6.43 Å². The molecule has 1 aromatic rings. The molecule has 0 spiro atoms. The minimum atomic E-state index is -2.55. The summed E-state index contributed by atoms with van der Waals surface area (Å²) in [5.41, 5.74) is 0.960. The van der Waals surface area contributed by atoms with Crippen LogP contribution in [0.1, 0.15) is 5.56 Å². The summed E-state index contributed by atoms with van der Waals surface area (Å²) in [6.45, 7) is 6.95. The van der Waals surface area contributed by atoms with E-state index in [1.165, 1.54) is 17.0 Å². The van der Waals surface area contributed by atoms with E-state index in [-0.39, 0.29) is 12.2 Å². The molecule has 22 heavy (non-hydrogen) atoms. The van der Waals surface area contributed by atoms with Crippen LogP contribution in [0, 0.1) is 5.82 Å². The van der Waals surface area contributed by atoms with Crippen LogP contribution in [0.15, 0.2) is 61.4 Å². The van der Waals surface area contributed by atoms with E-state index in [9.17, 15) is 13.2 Å². The van der Waals surface area contributed by atoms with Crippen molar-refractivity contribution in [2.75, 3.05) is 13.2 Å². The van der Waals surface area contributed by atoms with E-state index in [4.69, 9.17) is 4.74 Å². The molecule has 1 aliphatic rings. The molecule has 5 heteroatoms. The van der Waals surface area contributed by atoms with Gasteiger partial charge in [-0.3, -0.25) is 0 Å². The fraction of sp³-hybridized carbons (Fsp3) is 0.176. The zero-order valence-corrected chi connectivity index (χ0v) is 11.9. The second-order valence-corrected chi connectivity index (χ2v) is 4.65. The van der Waals surface area contributed by atoms with Crippen LogP contribution in [-0.2, 0) is 0 Å². The molecule has 0 fully saturated rings. The number of rotatable bonds is 6. The van der Waals surface area contributed by atoms with Crippen molar-refractivity contribution in [1.29, 1.82) is 0 Å². The smallest absolute Gasteiger partial charge is 0.256 e. The second kappa shape index (κ2) is 7.02. The Hall–Kier alpha value is -2.43. The van der Waals surface area contributed by atoms with Crippen LogP contribution in [0.3, 0.4) is 0 Å². The molecule has 1 aromatic carbocycles. The average Bonchev–Trinajstić information content (AvgIpc) is 2.47. The first kappa shape index (κ1) is 15.9. The normalized spacial score (nSPS) is 14.3. The zero-order chi connectivity index (χ0) is 16.1. The first-order chi connectivity index (χ1) is 10.5. The molecule has 2 rings (SSSR count). The van der Waals surface area contributed by atoms with Gasteiger partial charge in [-0.1, -0.05) is 25.3 Å². The van der Waals surface area contributed by atoms with Crippen molar-refractivity contribution in [3.8, 4) is 5.75 Å². The van der Waals surface area contributed by atoms with Crippen molar-refractivity contribution >= 4 is 5.70 Å². The highest BCUT2D eigenvalue weighted by Crippen LogP contribution is 2.31. The SMILES string of the molecule is C=CCOc1ccc(C2=CC=CC(=C)N2CC(F)F)c(F)c1. The highest BCUT2D eigenvalue weighted by atomic mass is 19.3. The summed E-state index contributed by atoms with van der Waals surface area (Å²) in [6, 6.07) is 4.32. The number of alkyl halides is 2. The van der Waals surface area contributed by atoms with Gasteiger partial charge in [-0.25, -0.2) is 13.2 Å². The zero-order valence-electron chi connectivity index (χ0n) is 11.9.